The molecule has 0 radical (unpaired) electrons. The zero-order chi connectivity index (χ0) is 16.5. The summed E-state index contributed by atoms with van der Waals surface area (Å²) in [6.07, 6.45) is 3.05. The fourth-order valence-electron chi connectivity index (χ4n) is 2.83. The molecule has 1 aliphatic carbocycles. The van der Waals surface area contributed by atoms with Crippen LogP contribution in [-0.4, -0.2) is 11.0 Å². The van der Waals surface area contributed by atoms with E-state index in [1.54, 1.807) is 11.3 Å². The van der Waals surface area contributed by atoms with Crippen molar-refractivity contribution in [1.82, 2.24) is 5.32 Å². The molecule has 0 saturated carbocycles. The molecular formula is C16H21N3OS2. The fourth-order valence-corrected chi connectivity index (χ4v) is 4.42. The van der Waals surface area contributed by atoms with E-state index in [0.29, 0.717) is 11.5 Å². The summed E-state index contributed by atoms with van der Waals surface area (Å²) >= 11 is 6.69. The molecule has 4 nitrogen and oxygen atoms in total. The number of carbonyl (C=O) groups excluding carboxylic acids is 1. The van der Waals surface area contributed by atoms with E-state index < -0.39 is 0 Å². The predicted molar refractivity (Wildman–Crippen MR) is 94.0 cm³/mol. The SMILES string of the molecule is CC(=O)NC(=S)Nc1sc2c(c1C#N)CC[C@@H](C(C)(C)C)C2. The minimum Gasteiger partial charge on any atom is -0.323 e. The molecule has 2 N–H and O–H groups in total. The van der Waals surface area contributed by atoms with Crippen LogP contribution < -0.4 is 10.6 Å². The largest absolute Gasteiger partial charge is 0.323 e. The highest BCUT2D eigenvalue weighted by Crippen LogP contribution is 2.43. The topological polar surface area (TPSA) is 64.9 Å². The van der Waals surface area contributed by atoms with Crippen molar-refractivity contribution in [1.29, 1.82) is 5.26 Å². The van der Waals surface area contributed by atoms with Gasteiger partial charge in [-0.1, -0.05) is 20.8 Å². The van der Waals surface area contributed by atoms with Crippen LogP contribution in [0.5, 0.6) is 0 Å². The summed E-state index contributed by atoms with van der Waals surface area (Å²) in [5.74, 6) is 0.408. The van der Waals surface area contributed by atoms with Gasteiger partial charge in [-0.15, -0.1) is 11.3 Å². The van der Waals surface area contributed by atoms with Gasteiger partial charge in [0.25, 0.3) is 0 Å². The monoisotopic (exact) mass is 335 g/mol. The van der Waals surface area contributed by atoms with Gasteiger partial charge in [0.1, 0.15) is 11.1 Å². The second-order valence-corrected chi connectivity index (χ2v) is 8.27. The van der Waals surface area contributed by atoms with Crippen molar-refractivity contribution in [2.45, 2.75) is 47.0 Å². The van der Waals surface area contributed by atoms with E-state index in [0.717, 1.165) is 29.8 Å². The van der Waals surface area contributed by atoms with Crippen LogP contribution in [0, 0.1) is 22.7 Å². The number of hydrogen-bond acceptors (Lipinski definition) is 4. The number of nitrogens with zero attached hydrogens (tertiary/aromatic N) is 1. The molecule has 1 amide bonds. The third kappa shape index (κ3) is 3.65. The van der Waals surface area contributed by atoms with Crippen LogP contribution >= 0.6 is 23.6 Å². The second-order valence-electron chi connectivity index (χ2n) is 6.76. The number of nitrogens with one attached hydrogen (secondary N) is 2. The number of nitriles is 1. The lowest BCUT2D eigenvalue weighted by molar-refractivity contribution is -0.117. The van der Waals surface area contributed by atoms with Crippen molar-refractivity contribution < 1.29 is 4.79 Å². The summed E-state index contributed by atoms with van der Waals surface area (Å²) in [7, 11) is 0. The van der Waals surface area contributed by atoms with Crippen molar-refractivity contribution in [3.63, 3.8) is 0 Å². The van der Waals surface area contributed by atoms with E-state index >= 15 is 0 Å². The summed E-state index contributed by atoms with van der Waals surface area (Å²) in [6.45, 7) is 8.22. The summed E-state index contributed by atoms with van der Waals surface area (Å²) < 4.78 is 0. The van der Waals surface area contributed by atoms with Gasteiger partial charge >= 0.3 is 0 Å². The predicted octanol–water partition coefficient (Wildman–Crippen LogP) is 3.60. The zero-order valence-electron chi connectivity index (χ0n) is 13.4. The molecule has 1 atom stereocenters. The summed E-state index contributed by atoms with van der Waals surface area (Å²) in [6, 6.07) is 2.29. The summed E-state index contributed by atoms with van der Waals surface area (Å²) in [5, 5.41) is 16.0. The lowest BCUT2D eigenvalue weighted by atomic mass is 9.72. The maximum Gasteiger partial charge on any atom is 0.222 e. The van der Waals surface area contributed by atoms with Crippen LogP contribution in [0.2, 0.25) is 0 Å². The average Bonchev–Trinajstić information content (AvgIpc) is 2.72. The van der Waals surface area contributed by atoms with Gasteiger partial charge in [-0.05, 0) is 48.4 Å². The maximum absolute atomic E-state index is 11.0. The fraction of sp³-hybridized carbons (Fsp3) is 0.562. The molecule has 1 aromatic rings. The number of hydrogen-bond donors (Lipinski definition) is 2. The Morgan fingerprint density at radius 2 is 2.14 bits per heavy atom. The van der Waals surface area contributed by atoms with Gasteiger partial charge < -0.3 is 10.6 Å². The highest BCUT2D eigenvalue weighted by Gasteiger charge is 2.32. The molecule has 0 unspecified atom stereocenters. The van der Waals surface area contributed by atoms with Crippen molar-refractivity contribution in [2.24, 2.45) is 11.3 Å². The molecule has 2 rings (SSSR count). The van der Waals surface area contributed by atoms with Crippen molar-refractivity contribution in [3.8, 4) is 6.07 Å². The Hall–Kier alpha value is -1.45. The third-order valence-electron chi connectivity index (χ3n) is 4.12. The van der Waals surface area contributed by atoms with Crippen LogP contribution in [0.25, 0.3) is 0 Å². The molecule has 0 bridgehead atoms. The van der Waals surface area contributed by atoms with E-state index in [1.165, 1.54) is 11.8 Å². The van der Waals surface area contributed by atoms with Crippen molar-refractivity contribution in [3.05, 3.63) is 16.0 Å². The van der Waals surface area contributed by atoms with Gasteiger partial charge in [0.15, 0.2) is 5.11 Å². The Bertz CT molecular complexity index is 650. The minimum atomic E-state index is -0.217. The quantitative estimate of drug-likeness (QED) is 0.770. The molecule has 118 valence electrons. The number of carbonyl (C=O) groups is 1. The number of fused-ring (bicyclic) bond motifs is 1. The molecule has 1 aliphatic rings. The van der Waals surface area contributed by atoms with E-state index in [-0.39, 0.29) is 16.4 Å². The molecular weight excluding hydrogens is 314 g/mol. The van der Waals surface area contributed by atoms with Crippen LogP contribution in [0.1, 0.15) is 50.1 Å². The number of thiocarbonyl (C=S) groups is 1. The lowest BCUT2D eigenvalue weighted by Gasteiger charge is -2.33. The molecule has 1 heterocycles. The Kier molecular flexibility index (Phi) is 4.88. The third-order valence-corrected chi connectivity index (χ3v) is 5.49. The lowest BCUT2D eigenvalue weighted by Crippen LogP contribution is -2.32. The molecule has 0 saturated heterocycles. The van der Waals surface area contributed by atoms with Crippen LogP contribution in [0.3, 0.4) is 0 Å². The number of amides is 1. The number of thiophene rings is 1. The molecule has 0 aliphatic heterocycles. The van der Waals surface area contributed by atoms with Gasteiger partial charge in [0.2, 0.25) is 5.91 Å². The average molecular weight is 335 g/mol. The summed E-state index contributed by atoms with van der Waals surface area (Å²) in [5.41, 5.74) is 2.11. The van der Waals surface area contributed by atoms with Gasteiger partial charge in [-0.3, -0.25) is 4.79 Å². The Balaban J connectivity index is 2.25. The van der Waals surface area contributed by atoms with Crippen LogP contribution in [-0.2, 0) is 17.6 Å². The Labute approximate surface area is 140 Å². The summed E-state index contributed by atoms with van der Waals surface area (Å²) in [4.78, 5) is 12.3. The second kappa shape index (κ2) is 6.35. The normalized spacial score (nSPS) is 17.3. The molecule has 0 spiro atoms. The highest BCUT2D eigenvalue weighted by atomic mass is 32.1. The zero-order valence-corrected chi connectivity index (χ0v) is 15.0. The molecule has 0 fully saturated rings. The van der Waals surface area contributed by atoms with Crippen molar-refractivity contribution >= 4 is 39.6 Å². The molecule has 6 heteroatoms. The van der Waals surface area contributed by atoms with Crippen LogP contribution in [0.15, 0.2) is 0 Å². The molecule has 22 heavy (non-hydrogen) atoms. The smallest absolute Gasteiger partial charge is 0.222 e. The van der Waals surface area contributed by atoms with E-state index in [9.17, 15) is 10.1 Å². The highest BCUT2D eigenvalue weighted by molar-refractivity contribution is 7.80. The maximum atomic E-state index is 11.0. The molecule has 0 aromatic carbocycles. The minimum absolute atomic E-state index is 0.217. The van der Waals surface area contributed by atoms with E-state index in [4.69, 9.17) is 12.2 Å². The van der Waals surface area contributed by atoms with Gasteiger partial charge in [-0.25, -0.2) is 0 Å². The van der Waals surface area contributed by atoms with Gasteiger partial charge in [0.05, 0.1) is 5.56 Å². The van der Waals surface area contributed by atoms with Gasteiger partial charge in [0, 0.05) is 11.8 Å². The number of anilines is 1. The van der Waals surface area contributed by atoms with Gasteiger partial charge in [-0.2, -0.15) is 5.26 Å². The Morgan fingerprint density at radius 1 is 1.45 bits per heavy atom. The Morgan fingerprint density at radius 3 is 2.68 bits per heavy atom. The van der Waals surface area contributed by atoms with Crippen molar-refractivity contribution in [2.75, 3.05) is 5.32 Å². The first-order valence-electron chi connectivity index (χ1n) is 7.35. The van der Waals surface area contributed by atoms with E-state index in [1.807, 2.05) is 0 Å². The van der Waals surface area contributed by atoms with E-state index in [2.05, 4.69) is 37.5 Å². The number of rotatable bonds is 1. The first-order chi connectivity index (χ1) is 10.2. The standard InChI is InChI=1S/C16H21N3OS2/c1-9(20)18-15(21)19-14-12(8-17)11-6-5-10(16(2,3)4)7-13(11)22-14/h10H,5-7H2,1-4H3,(H2,18,19,20,21)/t10-/m1/s1. The first kappa shape index (κ1) is 16.9. The first-order valence-corrected chi connectivity index (χ1v) is 8.58. The molecule has 1 aromatic heterocycles. The van der Waals surface area contributed by atoms with Crippen LogP contribution in [0.4, 0.5) is 5.00 Å².